The van der Waals surface area contributed by atoms with E-state index in [4.69, 9.17) is 4.74 Å². The van der Waals surface area contributed by atoms with Crippen molar-refractivity contribution in [3.63, 3.8) is 0 Å². The number of rotatable bonds is 5. The molecule has 1 saturated heterocycles. The van der Waals surface area contributed by atoms with Crippen LogP contribution in [0.15, 0.2) is 23.1 Å². The van der Waals surface area contributed by atoms with Crippen LogP contribution in [-0.4, -0.2) is 44.9 Å². The number of carbonyl (C=O) groups excluding carboxylic acids is 1. The Balaban J connectivity index is 1.75. The largest absolute Gasteiger partial charge is 0.496 e. The van der Waals surface area contributed by atoms with E-state index in [1.165, 1.54) is 4.31 Å². The first-order valence-corrected chi connectivity index (χ1v) is 9.81. The number of nitrogens with zero attached hydrogens (tertiary/aromatic N) is 1. The van der Waals surface area contributed by atoms with E-state index in [9.17, 15) is 13.2 Å². The third kappa shape index (κ3) is 3.57. The predicted molar refractivity (Wildman–Crippen MR) is 90.4 cm³/mol. The molecular formula is C17H24N2O4S. The van der Waals surface area contributed by atoms with Crippen LogP contribution in [0.1, 0.15) is 31.2 Å². The van der Waals surface area contributed by atoms with Crippen molar-refractivity contribution in [2.45, 2.75) is 43.5 Å². The molecule has 1 aliphatic heterocycles. The Bertz CT molecular complexity index is 728. The third-order valence-electron chi connectivity index (χ3n) is 4.68. The number of aryl methyl sites for hydroxylation is 1. The lowest BCUT2D eigenvalue weighted by molar-refractivity contribution is -0.126. The van der Waals surface area contributed by atoms with Gasteiger partial charge in [-0.2, -0.15) is 4.31 Å². The number of benzene rings is 1. The highest BCUT2D eigenvalue weighted by atomic mass is 32.2. The Kier molecular flexibility index (Phi) is 4.83. The molecule has 0 radical (unpaired) electrons. The molecular weight excluding hydrogens is 328 g/mol. The minimum Gasteiger partial charge on any atom is -0.496 e. The summed E-state index contributed by atoms with van der Waals surface area (Å²) in [6.45, 7) is 2.53. The third-order valence-corrected chi connectivity index (χ3v) is 6.54. The van der Waals surface area contributed by atoms with Crippen LogP contribution in [0.3, 0.4) is 0 Å². The van der Waals surface area contributed by atoms with Gasteiger partial charge in [0, 0.05) is 19.1 Å². The molecule has 132 valence electrons. The Morgan fingerprint density at radius 3 is 2.67 bits per heavy atom. The summed E-state index contributed by atoms with van der Waals surface area (Å²) < 4.78 is 32.4. The Labute approximate surface area is 143 Å². The first-order valence-electron chi connectivity index (χ1n) is 8.37. The van der Waals surface area contributed by atoms with Crippen molar-refractivity contribution in [3.8, 4) is 5.75 Å². The Morgan fingerprint density at radius 2 is 2.04 bits per heavy atom. The van der Waals surface area contributed by atoms with Crippen molar-refractivity contribution < 1.29 is 17.9 Å². The smallest absolute Gasteiger partial charge is 0.243 e. The van der Waals surface area contributed by atoms with Crippen molar-refractivity contribution >= 4 is 15.9 Å². The summed E-state index contributed by atoms with van der Waals surface area (Å²) in [6.07, 6.45) is 3.51. The zero-order chi connectivity index (χ0) is 17.3. The summed E-state index contributed by atoms with van der Waals surface area (Å²) in [7, 11) is -2.03. The lowest BCUT2D eigenvalue weighted by atomic mass is 9.99. The molecule has 1 unspecified atom stereocenters. The topological polar surface area (TPSA) is 75.7 Å². The molecule has 1 aromatic carbocycles. The molecule has 24 heavy (non-hydrogen) atoms. The highest BCUT2D eigenvalue weighted by Gasteiger charge is 2.35. The summed E-state index contributed by atoms with van der Waals surface area (Å²) >= 11 is 0. The molecule has 1 amide bonds. The van der Waals surface area contributed by atoms with Crippen LogP contribution in [0, 0.1) is 12.8 Å². The Morgan fingerprint density at radius 1 is 1.29 bits per heavy atom. The maximum atomic E-state index is 12.9. The van der Waals surface area contributed by atoms with Gasteiger partial charge in [-0.05, 0) is 56.4 Å². The average molecular weight is 352 g/mol. The molecule has 3 rings (SSSR count). The standard InChI is InChI=1S/C17H24N2O4S/c1-12-10-15(7-8-16(12)23-2)24(21,22)19-9-3-4-13(11-19)17(20)18-14-5-6-14/h7-8,10,13-14H,3-6,9,11H2,1-2H3,(H,18,20). The first kappa shape index (κ1) is 17.2. The van der Waals surface area contributed by atoms with Crippen LogP contribution < -0.4 is 10.1 Å². The van der Waals surface area contributed by atoms with Gasteiger partial charge in [0.15, 0.2) is 0 Å². The quantitative estimate of drug-likeness (QED) is 0.875. The average Bonchev–Trinajstić information content (AvgIpc) is 3.38. The van der Waals surface area contributed by atoms with Crippen LogP contribution >= 0.6 is 0 Å². The van der Waals surface area contributed by atoms with Crippen LogP contribution in [0.5, 0.6) is 5.75 Å². The van der Waals surface area contributed by atoms with E-state index in [2.05, 4.69) is 5.32 Å². The number of methoxy groups -OCH3 is 1. The zero-order valence-electron chi connectivity index (χ0n) is 14.1. The molecule has 0 aromatic heterocycles. The molecule has 7 heteroatoms. The van der Waals surface area contributed by atoms with Gasteiger partial charge in [0.05, 0.1) is 17.9 Å². The van der Waals surface area contributed by atoms with E-state index in [1.54, 1.807) is 25.3 Å². The number of carbonyl (C=O) groups is 1. The summed E-state index contributed by atoms with van der Waals surface area (Å²) in [5, 5.41) is 2.98. The summed E-state index contributed by atoms with van der Waals surface area (Å²) in [4.78, 5) is 12.5. The van der Waals surface area contributed by atoms with Gasteiger partial charge in [0.25, 0.3) is 0 Å². The van der Waals surface area contributed by atoms with Crippen LogP contribution in [-0.2, 0) is 14.8 Å². The summed E-state index contributed by atoms with van der Waals surface area (Å²) in [6, 6.07) is 5.16. The number of hydrogen-bond acceptors (Lipinski definition) is 4. The number of sulfonamides is 1. The van der Waals surface area contributed by atoms with Gasteiger partial charge >= 0.3 is 0 Å². The van der Waals surface area contributed by atoms with Gasteiger partial charge in [0.2, 0.25) is 15.9 Å². The molecule has 1 saturated carbocycles. The van der Waals surface area contributed by atoms with E-state index in [-0.39, 0.29) is 23.3 Å². The predicted octanol–water partition coefficient (Wildman–Crippen LogP) is 1.68. The maximum absolute atomic E-state index is 12.9. The summed E-state index contributed by atoms with van der Waals surface area (Å²) in [5.41, 5.74) is 0.776. The monoisotopic (exact) mass is 352 g/mol. The van der Waals surface area contributed by atoms with Crippen LogP contribution in [0.4, 0.5) is 0 Å². The van der Waals surface area contributed by atoms with Gasteiger partial charge in [0.1, 0.15) is 5.75 Å². The number of hydrogen-bond donors (Lipinski definition) is 1. The van der Waals surface area contributed by atoms with Gasteiger partial charge in [-0.1, -0.05) is 0 Å². The summed E-state index contributed by atoms with van der Waals surface area (Å²) in [5.74, 6) is 0.395. The van der Waals surface area contributed by atoms with Crippen molar-refractivity contribution in [1.82, 2.24) is 9.62 Å². The second kappa shape index (κ2) is 6.72. The zero-order valence-corrected chi connectivity index (χ0v) is 14.9. The van der Waals surface area contributed by atoms with Crippen LogP contribution in [0.25, 0.3) is 0 Å². The molecule has 1 atom stereocenters. The first-order chi connectivity index (χ1) is 11.4. The van der Waals surface area contributed by atoms with Crippen molar-refractivity contribution in [1.29, 1.82) is 0 Å². The van der Waals surface area contributed by atoms with Gasteiger partial charge < -0.3 is 10.1 Å². The number of amides is 1. The second-order valence-corrected chi connectivity index (χ2v) is 8.55. The van der Waals surface area contributed by atoms with E-state index < -0.39 is 10.0 Å². The molecule has 1 aromatic rings. The lowest BCUT2D eigenvalue weighted by Crippen LogP contribution is -2.45. The van der Waals surface area contributed by atoms with Crippen molar-refractivity contribution in [3.05, 3.63) is 23.8 Å². The fourth-order valence-electron chi connectivity index (χ4n) is 3.08. The SMILES string of the molecule is COc1ccc(S(=O)(=O)N2CCCC(C(=O)NC3CC3)C2)cc1C. The van der Waals surface area contributed by atoms with E-state index in [0.29, 0.717) is 24.8 Å². The minimum absolute atomic E-state index is 0.0108. The van der Waals surface area contributed by atoms with Gasteiger partial charge in [-0.25, -0.2) is 8.42 Å². The fourth-order valence-corrected chi connectivity index (χ4v) is 4.69. The second-order valence-electron chi connectivity index (χ2n) is 6.62. The highest BCUT2D eigenvalue weighted by Crippen LogP contribution is 2.28. The van der Waals surface area contributed by atoms with Crippen LogP contribution in [0.2, 0.25) is 0 Å². The minimum atomic E-state index is -3.59. The van der Waals surface area contributed by atoms with E-state index in [0.717, 1.165) is 24.8 Å². The number of piperidine rings is 1. The fraction of sp³-hybridized carbons (Fsp3) is 0.588. The van der Waals surface area contributed by atoms with Crippen molar-refractivity contribution in [2.24, 2.45) is 5.92 Å². The molecule has 1 aliphatic carbocycles. The van der Waals surface area contributed by atoms with Gasteiger partial charge in [-0.15, -0.1) is 0 Å². The van der Waals surface area contributed by atoms with E-state index in [1.807, 2.05) is 6.92 Å². The molecule has 1 N–H and O–H groups in total. The van der Waals surface area contributed by atoms with Gasteiger partial charge in [-0.3, -0.25) is 4.79 Å². The van der Waals surface area contributed by atoms with Crippen molar-refractivity contribution in [2.75, 3.05) is 20.2 Å². The Hall–Kier alpha value is -1.60. The molecule has 6 nitrogen and oxygen atoms in total. The highest BCUT2D eigenvalue weighted by molar-refractivity contribution is 7.89. The normalized spacial score (nSPS) is 22.2. The molecule has 0 spiro atoms. The molecule has 2 fully saturated rings. The number of nitrogens with one attached hydrogen (secondary N) is 1. The molecule has 1 heterocycles. The molecule has 2 aliphatic rings. The lowest BCUT2D eigenvalue weighted by Gasteiger charge is -2.31. The number of ether oxygens (including phenoxy) is 1. The molecule has 0 bridgehead atoms. The maximum Gasteiger partial charge on any atom is 0.243 e. The van der Waals surface area contributed by atoms with E-state index >= 15 is 0 Å².